The lowest BCUT2D eigenvalue weighted by atomic mass is 9.86. The Labute approximate surface area is 270 Å². The van der Waals surface area contributed by atoms with E-state index in [1.807, 2.05) is 34.6 Å². The molecule has 240 valence electrons. The molecule has 0 unspecified atom stereocenters. The first-order chi connectivity index (χ1) is 21.1. The molecule has 0 bridgehead atoms. The molecule has 0 fully saturated rings. The minimum absolute atomic E-state index is 0.156. The van der Waals surface area contributed by atoms with Gasteiger partial charge in [0.2, 0.25) is 0 Å². The third-order valence-corrected chi connectivity index (χ3v) is 8.07. The molecule has 1 aliphatic carbocycles. The number of anilines is 2. The van der Waals surface area contributed by atoms with Crippen LogP contribution in [0.4, 0.5) is 20.4 Å². The molecule has 3 amide bonds. The molecular formula is C35H44N4O5S. The van der Waals surface area contributed by atoms with Crippen LogP contribution in [0.15, 0.2) is 53.4 Å². The van der Waals surface area contributed by atoms with Gasteiger partial charge in [0.25, 0.3) is 5.91 Å². The van der Waals surface area contributed by atoms with Crippen molar-refractivity contribution in [2.24, 2.45) is 0 Å². The molecule has 2 aromatic carbocycles. The van der Waals surface area contributed by atoms with Gasteiger partial charge in [0.15, 0.2) is 5.13 Å². The van der Waals surface area contributed by atoms with Gasteiger partial charge in [-0.25, -0.2) is 14.6 Å². The van der Waals surface area contributed by atoms with Crippen molar-refractivity contribution in [1.29, 1.82) is 0 Å². The lowest BCUT2D eigenvalue weighted by Crippen LogP contribution is -2.46. The number of nitrogens with zero attached hydrogens (tertiary/aromatic N) is 2. The minimum Gasteiger partial charge on any atom is -0.444 e. The Bertz CT molecular complexity index is 1580. The van der Waals surface area contributed by atoms with Crippen molar-refractivity contribution >= 4 is 45.8 Å². The summed E-state index contributed by atoms with van der Waals surface area (Å²) in [5.74, 6) is 0.128. The second kappa shape index (κ2) is 13.9. The molecule has 2 N–H and O–H groups in total. The predicted molar refractivity (Wildman–Crippen MR) is 181 cm³/mol. The third-order valence-electron chi connectivity index (χ3n) is 7.31. The maximum atomic E-state index is 13.7. The molecule has 0 aliphatic heterocycles. The Morgan fingerprint density at radius 1 is 0.956 bits per heavy atom. The molecule has 1 aliphatic rings. The summed E-state index contributed by atoms with van der Waals surface area (Å²) in [7, 11) is 0. The van der Waals surface area contributed by atoms with E-state index in [-0.39, 0.29) is 11.7 Å². The Morgan fingerprint density at radius 3 is 2.29 bits per heavy atom. The van der Waals surface area contributed by atoms with E-state index in [0.717, 1.165) is 36.0 Å². The summed E-state index contributed by atoms with van der Waals surface area (Å²) in [5, 5.41) is 7.82. The fourth-order valence-corrected chi connectivity index (χ4v) is 5.90. The van der Waals surface area contributed by atoms with Crippen molar-refractivity contribution in [1.82, 2.24) is 9.88 Å². The van der Waals surface area contributed by atoms with Gasteiger partial charge in [0.05, 0.1) is 5.69 Å². The number of benzene rings is 2. The molecule has 1 aromatic heterocycles. The highest BCUT2D eigenvalue weighted by molar-refractivity contribution is 7.14. The first-order valence-corrected chi connectivity index (χ1v) is 16.2. The molecule has 45 heavy (non-hydrogen) atoms. The van der Waals surface area contributed by atoms with Crippen molar-refractivity contribution in [3.63, 3.8) is 0 Å². The van der Waals surface area contributed by atoms with Crippen LogP contribution in [-0.2, 0) is 9.53 Å². The van der Waals surface area contributed by atoms with Gasteiger partial charge in [0.1, 0.15) is 11.4 Å². The van der Waals surface area contributed by atoms with E-state index in [0.29, 0.717) is 35.0 Å². The van der Waals surface area contributed by atoms with Crippen LogP contribution in [0.1, 0.15) is 85.3 Å². The Morgan fingerprint density at radius 2 is 1.64 bits per heavy atom. The summed E-state index contributed by atoms with van der Waals surface area (Å²) in [6.45, 7) is 15.6. The average molecular weight is 633 g/mol. The number of aryl methyl sites for hydroxylation is 1. The van der Waals surface area contributed by atoms with Gasteiger partial charge < -0.3 is 19.7 Å². The van der Waals surface area contributed by atoms with Gasteiger partial charge in [0, 0.05) is 34.3 Å². The zero-order valence-electron chi connectivity index (χ0n) is 27.5. The number of carbonyl (C=O) groups excluding carboxylic acids is 3. The van der Waals surface area contributed by atoms with Gasteiger partial charge in [-0.2, -0.15) is 0 Å². The lowest BCUT2D eigenvalue weighted by Gasteiger charge is -2.33. The Kier molecular flexibility index (Phi) is 10.4. The van der Waals surface area contributed by atoms with Crippen LogP contribution < -0.4 is 15.4 Å². The standard InChI is InChI=1S/C35H44N4O5S/c1-9-39(34(3,4)5)33(42)43-29-19-18-24(20-27(29)28-21-45-31(37-28)38-32(41)44-35(6,7)8)36-30(40)26-13-11-10-12-25(26)23-16-14-22(2)15-17-23/h14-21H,9-13H2,1-8H3,(H,36,40)(H,37,38,41). The number of aromatic nitrogens is 1. The zero-order chi connectivity index (χ0) is 32.9. The molecule has 10 heteroatoms. The summed E-state index contributed by atoms with van der Waals surface area (Å²) in [6, 6.07) is 13.4. The normalized spacial score (nSPS) is 13.7. The molecular weight excluding hydrogens is 588 g/mol. The van der Waals surface area contributed by atoms with E-state index in [2.05, 4.69) is 39.9 Å². The number of hydrogen-bond donors (Lipinski definition) is 2. The first kappa shape index (κ1) is 33.7. The van der Waals surface area contributed by atoms with E-state index in [1.165, 1.54) is 16.9 Å². The zero-order valence-corrected chi connectivity index (χ0v) is 28.3. The summed E-state index contributed by atoms with van der Waals surface area (Å²) in [6.07, 6.45) is 2.41. The second-order valence-corrected chi connectivity index (χ2v) is 14.0. The molecule has 9 nitrogen and oxygen atoms in total. The molecule has 0 radical (unpaired) electrons. The summed E-state index contributed by atoms with van der Waals surface area (Å²) >= 11 is 1.21. The van der Waals surface area contributed by atoms with E-state index in [9.17, 15) is 14.4 Å². The molecule has 1 heterocycles. The van der Waals surface area contributed by atoms with Gasteiger partial charge in [-0.15, -0.1) is 11.3 Å². The van der Waals surface area contributed by atoms with Crippen molar-refractivity contribution in [3.8, 4) is 17.0 Å². The predicted octanol–water partition coefficient (Wildman–Crippen LogP) is 9.05. The number of rotatable bonds is 7. The molecule has 0 spiro atoms. The fraction of sp³-hybridized carbons (Fsp3) is 0.429. The van der Waals surface area contributed by atoms with Crippen LogP contribution in [0.5, 0.6) is 5.75 Å². The summed E-state index contributed by atoms with van der Waals surface area (Å²) < 4.78 is 11.3. The quantitative estimate of drug-likeness (QED) is 0.269. The van der Waals surface area contributed by atoms with Crippen LogP contribution >= 0.6 is 11.3 Å². The maximum absolute atomic E-state index is 13.7. The smallest absolute Gasteiger partial charge is 0.415 e. The number of nitrogens with one attached hydrogen (secondary N) is 2. The number of hydrogen-bond acceptors (Lipinski definition) is 7. The van der Waals surface area contributed by atoms with Gasteiger partial charge in [-0.05, 0) is 110 Å². The highest BCUT2D eigenvalue weighted by atomic mass is 32.1. The van der Waals surface area contributed by atoms with Gasteiger partial charge in [-0.1, -0.05) is 29.8 Å². The number of allylic oxidation sites excluding steroid dienone is 1. The first-order valence-electron chi connectivity index (χ1n) is 15.3. The summed E-state index contributed by atoms with van der Waals surface area (Å²) in [4.78, 5) is 45.5. The number of ether oxygens (including phenoxy) is 2. The molecule has 0 atom stereocenters. The molecule has 0 saturated carbocycles. The lowest BCUT2D eigenvalue weighted by molar-refractivity contribution is -0.113. The minimum atomic E-state index is -0.663. The summed E-state index contributed by atoms with van der Waals surface area (Å²) in [5.41, 5.74) is 4.49. The van der Waals surface area contributed by atoms with Crippen LogP contribution in [0, 0.1) is 6.92 Å². The van der Waals surface area contributed by atoms with Crippen LogP contribution in [-0.4, -0.2) is 45.7 Å². The van der Waals surface area contributed by atoms with Gasteiger partial charge in [-0.3, -0.25) is 10.1 Å². The van der Waals surface area contributed by atoms with Crippen molar-refractivity contribution in [2.75, 3.05) is 17.2 Å². The third kappa shape index (κ3) is 8.94. The topological polar surface area (TPSA) is 110 Å². The highest BCUT2D eigenvalue weighted by Crippen LogP contribution is 2.37. The van der Waals surface area contributed by atoms with Crippen LogP contribution in [0.2, 0.25) is 0 Å². The van der Waals surface area contributed by atoms with Crippen molar-refractivity contribution in [3.05, 3.63) is 64.5 Å². The highest BCUT2D eigenvalue weighted by Gasteiger charge is 2.28. The SMILES string of the molecule is CCN(C(=O)Oc1ccc(NC(=O)C2=C(c3ccc(C)cc3)CCCC2)cc1-c1csc(NC(=O)OC(C)(C)C)n1)C(C)(C)C. The van der Waals surface area contributed by atoms with Crippen molar-refractivity contribution < 1.29 is 23.9 Å². The number of carbonyl (C=O) groups is 3. The van der Waals surface area contributed by atoms with E-state index < -0.39 is 23.3 Å². The second-order valence-electron chi connectivity index (χ2n) is 13.1. The number of amides is 3. The Balaban J connectivity index is 1.67. The molecule has 0 saturated heterocycles. The van der Waals surface area contributed by atoms with Crippen LogP contribution in [0.3, 0.4) is 0 Å². The monoisotopic (exact) mass is 632 g/mol. The largest absolute Gasteiger partial charge is 0.444 e. The number of thiazole rings is 1. The van der Waals surface area contributed by atoms with Gasteiger partial charge >= 0.3 is 12.2 Å². The van der Waals surface area contributed by atoms with Crippen LogP contribution in [0.25, 0.3) is 16.8 Å². The molecule has 4 rings (SSSR count). The van der Waals surface area contributed by atoms with E-state index >= 15 is 0 Å². The Hall–Kier alpha value is -4.18. The van der Waals surface area contributed by atoms with Crippen molar-refractivity contribution in [2.45, 2.75) is 92.2 Å². The fourth-order valence-electron chi connectivity index (χ4n) is 5.20. The molecule has 3 aromatic rings. The van der Waals surface area contributed by atoms with E-state index in [4.69, 9.17) is 9.47 Å². The van der Waals surface area contributed by atoms with E-state index in [1.54, 1.807) is 49.3 Å². The maximum Gasteiger partial charge on any atom is 0.415 e. The average Bonchev–Trinajstić information content (AvgIpc) is 3.40.